The molecule has 2 aliphatic heterocycles. The largest absolute Gasteiger partial charge is 0.355 e. The van der Waals surface area contributed by atoms with Crippen LogP contribution >= 0.6 is 0 Å². The van der Waals surface area contributed by atoms with Crippen molar-refractivity contribution in [2.45, 2.75) is 57.7 Å². The summed E-state index contributed by atoms with van der Waals surface area (Å²) in [4.78, 5) is 25.5. The summed E-state index contributed by atoms with van der Waals surface area (Å²) in [6.07, 6.45) is 3.42. The highest BCUT2D eigenvalue weighted by molar-refractivity contribution is 5.84. The molecule has 0 aromatic rings. The maximum atomic E-state index is 11.8. The Bertz CT molecular complexity index is 287. The SMILES string of the molecule is CCNC(=O)C(C)N1C2CCC1CC(=O)C2. The molecule has 16 heavy (non-hydrogen) atoms. The van der Waals surface area contributed by atoms with Gasteiger partial charge in [-0.15, -0.1) is 0 Å². The fourth-order valence-corrected chi connectivity index (χ4v) is 3.09. The maximum absolute atomic E-state index is 11.8. The van der Waals surface area contributed by atoms with Crippen LogP contribution in [0.2, 0.25) is 0 Å². The molecule has 2 heterocycles. The monoisotopic (exact) mass is 224 g/mol. The molecule has 0 aliphatic carbocycles. The van der Waals surface area contributed by atoms with Crippen molar-refractivity contribution < 1.29 is 9.59 Å². The summed E-state index contributed by atoms with van der Waals surface area (Å²) in [7, 11) is 0. The lowest BCUT2D eigenvalue weighted by atomic mass is 9.99. The molecule has 2 bridgehead atoms. The fraction of sp³-hybridized carbons (Fsp3) is 0.833. The van der Waals surface area contributed by atoms with Crippen LogP contribution in [0.3, 0.4) is 0 Å². The van der Waals surface area contributed by atoms with Gasteiger partial charge in [-0.3, -0.25) is 14.5 Å². The Hall–Kier alpha value is -0.900. The third-order valence-electron chi connectivity index (χ3n) is 3.78. The van der Waals surface area contributed by atoms with Gasteiger partial charge in [0.05, 0.1) is 6.04 Å². The molecular weight excluding hydrogens is 204 g/mol. The Labute approximate surface area is 96.4 Å². The first-order valence-electron chi connectivity index (χ1n) is 6.20. The van der Waals surface area contributed by atoms with Crippen LogP contribution in [0.4, 0.5) is 0 Å². The van der Waals surface area contributed by atoms with Gasteiger partial charge in [0.2, 0.25) is 5.91 Å². The lowest BCUT2D eigenvalue weighted by molar-refractivity contribution is -0.132. The van der Waals surface area contributed by atoms with Gasteiger partial charge in [-0.2, -0.15) is 0 Å². The number of carbonyl (C=O) groups is 2. The Kier molecular flexibility index (Phi) is 3.28. The molecule has 0 aromatic carbocycles. The van der Waals surface area contributed by atoms with E-state index in [1.165, 1.54) is 0 Å². The Morgan fingerprint density at radius 3 is 2.50 bits per heavy atom. The molecule has 3 atom stereocenters. The number of hydrogen-bond acceptors (Lipinski definition) is 3. The standard InChI is InChI=1S/C12H20N2O2/c1-3-13-12(16)8(2)14-9-4-5-10(14)7-11(15)6-9/h8-10H,3-7H2,1-2H3,(H,13,16). The second-order valence-corrected chi connectivity index (χ2v) is 4.85. The number of fused-ring (bicyclic) bond motifs is 2. The van der Waals surface area contributed by atoms with Crippen molar-refractivity contribution in [3.8, 4) is 0 Å². The van der Waals surface area contributed by atoms with Crippen LogP contribution in [0, 0.1) is 0 Å². The van der Waals surface area contributed by atoms with E-state index in [2.05, 4.69) is 10.2 Å². The van der Waals surface area contributed by atoms with Gasteiger partial charge in [-0.1, -0.05) is 0 Å². The van der Waals surface area contributed by atoms with Gasteiger partial charge in [0.25, 0.3) is 0 Å². The smallest absolute Gasteiger partial charge is 0.237 e. The third kappa shape index (κ3) is 1.98. The Morgan fingerprint density at radius 1 is 1.44 bits per heavy atom. The van der Waals surface area contributed by atoms with Crippen molar-refractivity contribution in [3.05, 3.63) is 0 Å². The topological polar surface area (TPSA) is 49.4 Å². The van der Waals surface area contributed by atoms with Crippen LogP contribution in [0.1, 0.15) is 39.5 Å². The number of nitrogens with zero attached hydrogens (tertiary/aromatic N) is 1. The van der Waals surface area contributed by atoms with Gasteiger partial charge in [-0.05, 0) is 26.7 Å². The van der Waals surface area contributed by atoms with E-state index in [-0.39, 0.29) is 11.9 Å². The van der Waals surface area contributed by atoms with E-state index in [9.17, 15) is 9.59 Å². The van der Waals surface area contributed by atoms with Crippen LogP contribution in [0.15, 0.2) is 0 Å². The van der Waals surface area contributed by atoms with E-state index in [0.717, 1.165) is 12.8 Å². The molecule has 0 spiro atoms. The van der Waals surface area contributed by atoms with Gasteiger partial charge in [-0.25, -0.2) is 0 Å². The minimum atomic E-state index is -0.0921. The molecule has 0 aromatic heterocycles. The molecule has 2 rings (SSSR count). The number of piperidine rings is 1. The van der Waals surface area contributed by atoms with Crippen LogP contribution in [-0.4, -0.2) is 41.3 Å². The summed E-state index contributed by atoms with van der Waals surface area (Å²) < 4.78 is 0. The fourth-order valence-electron chi connectivity index (χ4n) is 3.09. The molecule has 2 fully saturated rings. The van der Waals surface area contributed by atoms with Crippen LogP contribution < -0.4 is 5.32 Å². The number of ketones is 1. The highest BCUT2D eigenvalue weighted by Crippen LogP contribution is 2.35. The summed E-state index contributed by atoms with van der Waals surface area (Å²) in [5, 5.41) is 2.86. The molecule has 90 valence electrons. The lowest BCUT2D eigenvalue weighted by Gasteiger charge is -2.37. The van der Waals surface area contributed by atoms with Crippen LogP contribution in [0.5, 0.6) is 0 Å². The second-order valence-electron chi connectivity index (χ2n) is 4.85. The predicted molar refractivity (Wildman–Crippen MR) is 61.0 cm³/mol. The predicted octanol–water partition coefficient (Wildman–Crippen LogP) is 0.707. The third-order valence-corrected chi connectivity index (χ3v) is 3.78. The number of nitrogens with one attached hydrogen (secondary N) is 1. The summed E-state index contributed by atoms with van der Waals surface area (Å²) >= 11 is 0. The number of amides is 1. The highest BCUT2D eigenvalue weighted by atomic mass is 16.2. The zero-order valence-electron chi connectivity index (χ0n) is 10.0. The van der Waals surface area contributed by atoms with Gasteiger partial charge < -0.3 is 5.32 Å². The average molecular weight is 224 g/mol. The molecule has 3 unspecified atom stereocenters. The zero-order chi connectivity index (χ0) is 11.7. The van der Waals surface area contributed by atoms with E-state index in [4.69, 9.17) is 0 Å². The van der Waals surface area contributed by atoms with E-state index in [1.807, 2.05) is 13.8 Å². The van der Waals surface area contributed by atoms with Crippen molar-refractivity contribution in [1.29, 1.82) is 0 Å². The number of carbonyl (C=O) groups excluding carboxylic acids is 2. The Morgan fingerprint density at radius 2 is 2.00 bits per heavy atom. The summed E-state index contributed by atoms with van der Waals surface area (Å²) in [6.45, 7) is 4.55. The quantitative estimate of drug-likeness (QED) is 0.768. The minimum absolute atomic E-state index is 0.0914. The zero-order valence-corrected chi connectivity index (χ0v) is 10.0. The molecule has 2 saturated heterocycles. The molecule has 1 N–H and O–H groups in total. The second kappa shape index (κ2) is 4.53. The first-order chi connectivity index (χ1) is 7.63. The number of Topliss-reactive ketones (excluding diaryl/α,β-unsaturated/α-hetero) is 1. The maximum Gasteiger partial charge on any atom is 0.237 e. The van der Waals surface area contributed by atoms with Crippen molar-refractivity contribution in [1.82, 2.24) is 10.2 Å². The molecule has 0 saturated carbocycles. The molecule has 4 heteroatoms. The van der Waals surface area contributed by atoms with Crippen molar-refractivity contribution in [3.63, 3.8) is 0 Å². The first kappa shape index (κ1) is 11.6. The summed E-state index contributed by atoms with van der Waals surface area (Å²) in [5.74, 6) is 0.459. The normalized spacial score (nSPS) is 31.5. The van der Waals surface area contributed by atoms with E-state index >= 15 is 0 Å². The molecule has 4 nitrogen and oxygen atoms in total. The van der Waals surface area contributed by atoms with Gasteiger partial charge in [0.1, 0.15) is 5.78 Å². The summed E-state index contributed by atoms with van der Waals surface area (Å²) in [6, 6.07) is 0.526. The number of hydrogen-bond donors (Lipinski definition) is 1. The Balaban J connectivity index is 2.05. The summed E-state index contributed by atoms with van der Waals surface area (Å²) in [5.41, 5.74) is 0. The van der Waals surface area contributed by atoms with E-state index in [0.29, 0.717) is 37.3 Å². The van der Waals surface area contributed by atoms with E-state index in [1.54, 1.807) is 0 Å². The average Bonchev–Trinajstić information content (AvgIpc) is 2.50. The van der Waals surface area contributed by atoms with Gasteiger partial charge in [0, 0.05) is 31.5 Å². The van der Waals surface area contributed by atoms with Crippen LogP contribution in [0.25, 0.3) is 0 Å². The molecule has 0 radical (unpaired) electrons. The van der Waals surface area contributed by atoms with Crippen molar-refractivity contribution in [2.24, 2.45) is 0 Å². The lowest BCUT2D eigenvalue weighted by Crippen LogP contribution is -2.53. The van der Waals surface area contributed by atoms with Gasteiger partial charge >= 0.3 is 0 Å². The van der Waals surface area contributed by atoms with Crippen LogP contribution in [-0.2, 0) is 9.59 Å². The first-order valence-corrected chi connectivity index (χ1v) is 6.20. The van der Waals surface area contributed by atoms with Crippen molar-refractivity contribution in [2.75, 3.05) is 6.54 Å². The molecule has 1 amide bonds. The highest BCUT2D eigenvalue weighted by Gasteiger charge is 2.43. The van der Waals surface area contributed by atoms with Gasteiger partial charge in [0.15, 0.2) is 0 Å². The minimum Gasteiger partial charge on any atom is -0.355 e. The number of likely N-dealkylation sites (N-methyl/N-ethyl adjacent to an activating group) is 1. The molecular formula is C12H20N2O2. The molecule has 2 aliphatic rings. The number of rotatable bonds is 3. The van der Waals surface area contributed by atoms with E-state index < -0.39 is 0 Å². The van der Waals surface area contributed by atoms with Crippen molar-refractivity contribution >= 4 is 11.7 Å².